The van der Waals surface area contributed by atoms with E-state index in [2.05, 4.69) is 44.3 Å². The Morgan fingerprint density at radius 3 is 2.40 bits per heavy atom. The highest BCUT2D eigenvalue weighted by Gasteiger charge is 2.06. The summed E-state index contributed by atoms with van der Waals surface area (Å²) in [6.07, 6.45) is 0. The van der Waals surface area contributed by atoms with Crippen LogP contribution in [-0.4, -0.2) is 6.04 Å². The molecule has 2 rings (SSSR count). The Kier molecular flexibility index (Phi) is 4.56. The second-order valence-corrected chi connectivity index (χ2v) is 5.70. The molecule has 0 aliphatic rings. The van der Waals surface area contributed by atoms with Crippen molar-refractivity contribution in [3.63, 3.8) is 0 Å². The van der Waals surface area contributed by atoms with E-state index < -0.39 is 0 Å². The van der Waals surface area contributed by atoms with E-state index in [9.17, 15) is 4.39 Å². The molecule has 0 bridgehead atoms. The van der Waals surface area contributed by atoms with E-state index in [4.69, 9.17) is 0 Å². The van der Waals surface area contributed by atoms with Crippen LogP contribution < -0.4 is 5.32 Å². The lowest BCUT2D eigenvalue weighted by atomic mass is 9.97. The quantitative estimate of drug-likeness (QED) is 0.856. The first-order valence-electron chi connectivity index (χ1n) is 7.06. The molecule has 0 saturated carbocycles. The SMILES string of the molecule is Cc1cc(F)cc(-c2ccc(CNC(C)C)cc2C)c1. The number of aryl methyl sites for hydroxylation is 2. The van der Waals surface area contributed by atoms with Gasteiger partial charge in [-0.05, 0) is 53.8 Å². The Hall–Kier alpha value is -1.67. The van der Waals surface area contributed by atoms with Crippen LogP contribution in [0.4, 0.5) is 4.39 Å². The molecule has 2 aromatic rings. The molecular formula is C18H22FN. The molecule has 0 amide bonds. The van der Waals surface area contributed by atoms with Gasteiger partial charge in [-0.3, -0.25) is 0 Å². The second kappa shape index (κ2) is 6.19. The van der Waals surface area contributed by atoms with Crippen molar-refractivity contribution in [3.8, 4) is 11.1 Å². The highest BCUT2D eigenvalue weighted by molar-refractivity contribution is 5.68. The molecule has 20 heavy (non-hydrogen) atoms. The summed E-state index contributed by atoms with van der Waals surface area (Å²) in [7, 11) is 0. The van der Waals surface area contributed by atoms with Crippen molar-refractivity contribution in [1.29, 1.82) is 0 Å². The minimum atomic E-state index is -0.176. The number of halogens is 1. The summed E-state index contributed by atoms with van der Waals surface area (Å²) in [4.78, 5) is 0. The predicted octanol–water partition coefficient (Wildman–Crippen LogP) is 4.61. The average Bonchev–Trinajstić information content (AvgIpc) is 2.35. The molecule has 1 nitrogen and oxygen atoms in total. The summed E-state index contributed by atoms with van der Waals surface area (Å²) < 4.78 is 13.5. The van der Waals surface area contributed by atoms with Gasteiger partial charge in [0.2, 0.25) is 0 Å². The molecule has 0 saturated heterocycles. The summed E-state index contributed by atoms with van der Waals surface area (Å²) >= 11 is 0. The number of hydrogen-bond acceptors (Lipinski definition) is 1. The van der Waals surface area contributed by atoms with Crippen molar-refractivity contribution < 1.29 is 4.39 Å². The molecule has 0 aliphatic heterocycles. The lowest BCUT2D eigenvalue weighted by molar-refractivity contribution is 0.589. The van der Waals surface area contributed by atoms with Gasteiger partial charge in [0.15, 0.2) is 0 Å². The first kappa shape index (κ1) is 14.7. The molecule has 0 aromatic heterocycles. The Balaban J connectivity index is 2.29. The summed E-state index contributed by atoms with van der Waals surface area (Å²) in [6.45, 7) is 9.13. The molecule has 2 aromatic carbocycles. The zero-order valence-electron chi connectivity index (χ0n) is 12.6. The topological polar surface area (TPSA) is 12.0 Å². The molecule has 0 atom stereocenters. The summed E-state index contributed by atoms with van der Waals surface area (Å²) in [5.41, 5.74) is 5.43. The largest absolute Gasteiger partial charge is 0.310 e. The maximum Gasteiger partial charge on any atom is 0.124 e. The van der Waals surface area contributed by atoms with Gasteiger partial charge < -0.3 is 5.32 Å². The van der Waals surface area contributed by atoms with E-state index >= 15 is 0 Å². The van der Waals surface area contributed by atoms with E-state index in [0.717, 1.165) is 23.2 Å². The highest BCUT2D eigenvalue weighted by atomic mass is 19.1. The number of benzene rings is 2. The van der Waals surface area contributed by atoms with Crippen molar-refractivity contribution in [2.75, 3.05) is 0 Å². The van der Waals surface area contributed by atoms with Crippen LogP contribution in [0.2, 0.25) is 0 Å². The number of rotatable bonds is 4. The zero-order chi connectivity index (χ0) is 14.7. The maximum atomic E-state index is 13.5. The Morgan fingerprint density at radius 1 is 1.05 bits per heavy atom. The van der Waals surface area contributed by atoms with Crippen molar-refractivity contribution in [2.45, 2.75) is 40.3 Å². The monoisotopic (exact) mass is 271 g/mol. The summed E-state index contributed by atoms with van der Waals surface area (Å²) in [5, 5.41) is 3.41. The average molecular weight is 271 g/mol. The van der Waals surface area contributed by atoms with Crippen LogP contribution in [0.1, 0.15) is 30.5 Å². The Labute approximate surface area is 120 Å². The summed E-state index contributed by atoms with van der Waals surface area (Å²) in [6, 6.07) is 12.0. The zero-order valence-corrected chi connectivity index (χ0v) is 12.6. The van der Waals surface area contributed by atoms with Crippen LogP contribution in [0, 0.1) is 19.7 Å². The molecule has 0 heterocycles. The van der Waals surface area contributed by atoms with Crippen molar-refractivity contribution in [1.82, 2.24) is 5.32 Å². The third-order valence-electron chi connectivity index (χ3n) is 3.36. The molecule has 106 valence electrons. The normalized spacial score (nSPS) is 11.1. The van der Waals surface area contributed by atoms with Crippen LogP contribution >= 0.6 is 0 Å². The third-order valence-corrected chi connectivity index (χ3v) is 3.36. The van der Waals surface area contributed by atoms with Crippen LogP contribution in [0.5, 0.6) is 0 Å². The van der Waals surface area contributed by atoms with Gasteiger partial charge in [-0.2, -0.15) is 0 Å². The van der Waals surface area contributed by atoms with Gasteiger partial charge in [-0.1, -0.05) is 38.1 Å². The van der Waals surface area contributed by atoms with E-state index in [1.165, 1.54) is 11.1 Å². The van der Waals surface area contributed by atoms with E-state index in [1.54, 1.807) is 12.1 Å². The van der Waals surface area contributed by atoms with E-state index in [-0.39, 0.29) is 5.82 Å². The molecular weight excluding hydrogens is 249 g/mol. The van der Waals surface area contributed by atoms with Crippen LogP contribution in [-0.2, 0) is 6.54 Å². The van der Waals surface area contributed by atoms with Gasteiger partial charge in [0, 0.05) is 12.6 Å². The minimum Gasteiger partial charge on any atom is -0.310 e. The van der Waals surface area contributed by atoms with Gasteiger partial charge in [0.05, 0.1) is 0 Å². The fraction of sp³-hybridized carbons (Fsp3) is 0.333. The van der Waals surface area contributed by atoms with Gasteiger partial charge in [0.1, 0.15) is 5.82 Å². The molecule has 0 aliphatic carbocycles. The van der Waals surface area contributed by atoms with E-state index in [0.29, 0.717) is 6.04 Å². The van der Waals surface area contributed by atoms with Crippen molar-refractivity contribution in [3.05, 3.63) is 58.9 Å². The second-order valence-electron chi connectivity index (χ2n) is 5.70. The molecule has 2 heteroatoms. The van der Waals surface area contributed by atoms with Crippen LogP contribution in [0.25, 0.3) is 11.1 Å². The van der Waals surface area contributed by atoms with Gasteiger partial charge in [-0.15, -0.1) is 0 Å². The first-order valence-corrected chi connectivity index (χ1v) is 7.06. The third kappa shape index (κ3) is 3.67. The van der Waals surface area contributed by atoms with Gasteiger partial charge >= 0.3 is 0 Å². The lowest BCUT2D eigenvalue weighted by Gasteiger charge is -2.12. The molecule has 0 fully saturated rings. The number of nitrogens with one attached hydrogen (secondary N) is 1. The molecule has 0 spiro atoms. The maximum absolute atomic E-state index is 13.5. The van der Waals surface area contributed by atoms with Crippen LogP contribution in [0.15, 0.2) is 36.4 Å². The van der Waals surface area contributed by atoms with Gasteiger partial charge in [0.25, 0.3) is 0 Å². The number of hydrogen-bond donors (Lipinski definition) is 1. The predicted molar refractivity (Wildman–Crippen MR) is 83.3 cm³/mol. The molecule has 0 radical (unpaired) electrons. The van der Waals surface area contributed by atoms with Gasteiger partial charge in [-0.25, -0.2) is 4.39 Å². The van der Waals surface area contributed by atoms with Crippen molar-refractivity contribution in [2.24, 2.45) is 0 Å². The molecule has 1 N–H and O–H groups in total. The van der Waals surface area contributed by atoms with Crippen molar-refractivity contribution >= 4 is 0 Å². The standard InChI is InChI=1S/C18H22FN/c1-12(2)20-11-15-5-6-18(14(4)9-15)16-7-13(3)8-17(19)10-16/h5-10,12,20H,11H2,1-4H3. The fourth-order valence-corrected chi connectivity index (χ4v) is 2.37. The Morgan fingerprint density at radius 2 is 1.80 bits per heavy atom. The molecule has 0 unspecified atom stereocenters. The van der Waals surface area contributed by atoms with E-state index in [1.807, 2.05) is 13.0 Å². The minimum absolute atomic E-state index is 0.176. The highest BCUT2D eigenvalue weighted by Crippen LogP contribution is 2.26. The lowest BCUT2D eigenvalue weighted by Crippen LogP contribution is -2.21. The Bertz CT molecular complexity index is 582. The fourth-order valence-electron chi connectivity index (χ4n) is 2.37. The van der Waals surface area contributed by atoms with Crippen LogP contribution in [0.3, 0.4) is 0 Å². The summed E-state index contributed by atoms with van der Waals surface area (Å²) in [5.74, 6) is -0.176. The first-order chi connectivity index (χ1) is 9.45. The smallest absolute Gasteiger partial charge is 0.124 e.